The third kappa shape index (κ3) is 2.72. The topological polar surface area (TPSA) is 77.0 Å². The standard InChI is InChI=1S/C12H17N5O/c1-16(8-4-7-13)9-17-12(18)10-5-2-3-6-11(10)14-15-17/h2-3,5-6H,4,7-9,13H2,1H3. The molecule has 96 valence electrons. The Morgan fingerprint density at radius 1 is 1.39 bits per heavy atom. The van der Waals surface area contributed by atoms with Gasteiger partial charge in [-0.05, 0) is 32.1 Å². The second kappa shape index (κ2) is 5.70. The first-order chi connectivity index (χ1) is 8.72. The fourth-order valence-corrected chi connectivity index (χ4v) is 1.78. The molecule has 0 aliphatic heterocycles. The lowest BCUT2D eigenvalue weighted by Crippen LogP contribution is -2.33. The number of nitrogens with zero attached hydrogens (tertiary/aromatic N) is 4. The van der Waals surface area contributed by atoms with Crippen molar-refractivity contribution in [2.75, 3.05) is 20.1 Å². The van der Waals surface area contributed by atoms with E-state index in [0.717, 1.165) is 13.0 Å². The van der Waals surface area contributed by atoms with Crippen LogP contribution in [0.15, 0.2) is 29.1 Å². The van der Waals surface area contributed by atoms with Gasteiger partial charge in [0.25, 0.3) is 5.56 Å². The van der Waals surface area contributed by atoms with E-state index in [4.69, 9.17) is 5.73 Å². The maximum absolute atomic E-state index is 12.1. The number of nitrogens with two attached hydrogens (primary N) is 1. The van der Waals surface area contributed by atoms with Crippen LogP contribution in [0.25, 0.3) is 10.9 Å². The van der Waals surface area contributed by atoms with Crippen molar-refractivity contribution in [2.24, 2.45) is 5.73 Å². The van der Waals surface area contributed by atoms with E-state index in [1.165, 1.54) is 4.68 Å². The van der Waals surface area contributed by atoms with E-state index in [-0.39, 0.29) is 5.56 Å². The van der Waals surface area contributed by atoms with Crippen LogP contribution >= 0.6 is 0 Å². The van der Waals surface area contributed by atoms with Crippen LogP contribution in [0.1, 0.15) is 6.42 Å². The van der Waals surface area contributed by atoms with Crippen LogP contribution in [0, 0.1) is 0 Å². The van der Waals surface area contributed by atoms with Gasteiger partial charge >= 0.3 is 0 Å². The van der Waals surface area contributed by atoms with Gasteiger partial charge in [-0.25, -0.2) is 0 Å². The normalized spacial score (nSPS) is 11.3. The molecule has 6 nitrogen and oxygen atoms in total. The van der Waals surface area contributed by atoms with Gasteiger partial charge in [0.2, 0.25) is 0 Å². The van der Waals surface area contributed by atoms with Crippen molar-refractivity contribution in [2.45, 2.75) is 13.1 Å². The molecule has 6 heteroatoms. The molecule has 0 saturated heterocycles. The van der Waals surface area contributed by atoms with Crippen LogP contribution in [-0.4, -0.2) is 40.0 Å². The summed E-state index contributed by atoms with van der Waals surface area (Å²) in [6, 6.07) is 7.22. The van der Waals surface area contributed by atoms with E-state index in [9.17, 15) is 4.79 Å². The molecule has 1 heterocycles. The van der Waals surface area contributed by atoms with Gasteiger partial charge in [0.1, 0.15) is 5.52 Å². The Kier molecular flexibility index (Phi) is 4.01. The summed E-state index contributed by atoms with van der Waals surface area (Å²) in [4.78, 5) is 14.1. The van der Waals surface area contributed by atoms with Crippen molar-refractivity contribution in [3.8, 4) is 0 Å². The molecule has 0 aliphatic carbocycles. The Hall–Kier alpha value is -1.79. The minimum Gasteiger partial charge on any atom is -0.330 e. The third-order valence-electron chi connectivity index (χ3n) is 2.75. The zero-order chi connectivity index (χ0) is 13.0. The lowest BCUT2D eigenvalue weighted by Gasteiger charge is -2.16. The zero-order valence-electron chi connectivity index (χ0n) is 10.4. The van der Waals surface area contributed by atoms with E-state index in [1.807, 2.05) is 24.1 Å². The zero-order valence-corrected chi connectivity index (χ0v) is 10.4. The van der Waals surface area contributed by atoms with Crippen LogP contribution < -0.4 is 11.3 Å². The molecule has 2 rings (SSSR count). The molecule has 1 aromatic carbocycles. The second-order valence-electron chi connectivity index (χ2n) is 4.27. The first kappa shape index (κ1) is 12.7. The van der Waals surface area contributed by atoms with Crippen molar-refractivity contribution in [1.82, 2.24) is 19.9 Å². The Labute approximate surface area is 105 Å². The van der Waals surface area contributed by atoms with Crippen molar-refractivity contribution in [1.29, 1.82) is 0 Å². The highest BCUT2D eigenvalue weighted by Gasteiger charge is 2.06. The Morgan fingerprint density at radius 3 is 2.94 bits per heavy atom. The van der Waals surface area contributed by atoms with Crippen molar-refractivity contribution < 1.29 is 0 Å². The molecule has 0 unspecified atom stereocenters. The molecule has 0 saturated carbocycles. The van der Waals surface area contributed by atoms with Gasteiger partial charge in [-0.2, -0.15) is 4.68 Å². The molecule has 0 spiro atoms. The van der Waals surface area contributed by atoms with Crippen LogP contribution in [0.2, 0.25) is 0 Å². The Bertz CT molecular complexity index is 580. The number of benzene rings is 1. The number of rotatable bonds is 5. The van der Waals surface area contributed by atoms with Crippen molar-refractivity contribution >= 4 is 10.9 Å². The number of hydrogen-bond acceptors (Lipinski definition) is 5. The minimum absolute atomic E-state index is 0.111. The minimum atomic E-state index is -0.111. The van der Waals surface area contributed by atoms with Gasteiger partial charge in [0.05, 0.1) is 12.1 Å². The van der Waals surface area contributed by atoms with Gasteiger partial charge in [-0.15, -0.1) is 5.10 Å². The molecule has 0 radical (unpaired) electrons. The first-order valence-corrected chi connectivity index (χ1v) is 5.93. The molecule has 0 atom stereocenters. The van der Waals surface area contributed by atoms with E-state index in [1.54, 1.807) is 12.1 Å². The summed E-state index contributed by atoms with van der Waals surface area (Å²) in [6.07, 6.45) is 0.895. The van der Waals surface area contributed by atoms with Crippen LogP contribution in [0.5, 0.6) is 0 Å². The third-order valence-corrected chi connectivity index (χ3v) is 2.75. The van der Waals surface area contributed by atoms with Crippen molar-refractivity contribution in [3.63, 3.8) is 0 Å². The molecular weight excluding hydrogens is 230 g/mol. The molecule has 0 aliphatic rings. The van der Waals surface area contributed by atoms with Gasteiger partial charge in [-0.3, -0.25) is 9.69 Å². The smallest absolute Gasteiger partial charge is 0.278 e. The molecule has 2 aromatic rings. The van der Waals surface area contributed by atoms with Crippen molar-refractivity contribution in [3.05, 3.63) is 34.6 Å². The van der Waals surface area contributed by atoms with E-state index >= 15 is 0 Å². The molecule has 1 aromatic heterocycles. The van der Waals surface area contributed by atoms with E-state index in [2.05, 4.69) is 10.3 Å². The highest BCUT2D eigenvalue weighted by atomic mass is 16.1. The van der Waals surface area contributed by atoms with Crippen LogP contribution in [0.4, 0.5) is 0 Å². The van der Waals surface area contributed by atoms with E-state index < -0.39 is 0 Å². The molecule has 0 bridgehead atoms. The maximum Gasteiger partial charge on any atom is 0.278 e. The maximum atomic E-state index is 12.1. The SMILES string of the molecule is CN(CCCN)Cn1nnc2ccccc2c1=O. The van der Waals surface area contributed by atoms with Crippen LogP contribution in [0.3, 0.4) is 0 Å². The average Bonchev–Trinajstić information content (AvgIpc) is 2.40. The Morgan fingerprint density at radius 2 is 2.17 bits per heavy atom. The fraction of sp³-hybridized carbons (Fsp3) is 0.417. The summed E-state index contributed by atoms with van der Waals surface area (Å²) >= 11 is 0. The molecule has 2 N–H and O–H groups in total. The summed E-state index contributed by atoms with van der Waals surface area (Å²) < 4.78 is 1.37. The number of hydrogen-bond donors (Lipinski definition) is 1. The van der Waals surface area contributed by atoms with Crippen LogP contribution in [-0.2, 0) is 6.67 Å². The fourth-order valence-electron chi connectivity index (χ4n) is 1.78. The largest absolute Gasteiger partial charge is 0.330 e. The number of fused-ring (bicyclic) bond motifs is 1. The predicted molar refractivity (Wildman–Crippen MR) is 70.1 cm³/mol. The highest BCUT2D eigenvalue weighted by molar-refractivity contribution is 5.76. The molecule has 0 fully saturated rings. The highest BCUT2D eigenvalue weighted by Crippen LogP contribution is 2.03. The quantitative estimate of drug-likeness (QED) is 0.806. The summed E-state index contributed by atoms with van der Waals surface area (Å²) in [5.41, 5.74) is 5.97. The molecule has 18 heavy (non-hydrogen) atoms. The second-order valence-corrected chi connectivity index (χ2v) is 4.27. The van der Waals surface area contributed by atoms with Gasteiger partial charge in [-0.1, -0.05) is 17.3 Å². The van der Waals surface area contributed by atoms with Gasteiger partial charge < -0.3 is 5.73 Å². The van der Waals surface area contributed by atoms with E-state index in [0.29, 0.717) is 24.1 Å². The lowest BCUT2D eigenvalue weighted by molar-refractivity contribution is 0.243. The summed E-state index contributed by atoms with van der Waals surface area (Å²) in [7, 11) is 1.93. The number of aromatic nitrogens is 3. The summed E-state index contributed by atoms with van der Waals surface area (Å²) in [5, 5.41) is 8.57. The molecule has 0 amide bonds. The summed E-state index contributed by atoms with van der Waals surface area (Å²) in [6.45, 7) is 1.90. The summed E-state index contributed by atoms with van der Waals surface area (Å²) in [5.74, 6) is 0. The predicted octanol–water partition coefficient (Wildman–Crippen LogP) is 0.0296. The Balaban J connectivity index is 2.24. The molecular formula is C12H17N5O. The van der Waals surface area contributed by atoms with Gasteiger partial charge in [0.15, 0.2) is 0 Å². The average molecular weight is 247 g/mol. The first-order valence-electron chi connectivity index (χ1n) is 5.93. The lowest BCUT2D eigenvalue weighted by atomic mass is 10.2. The monoisotopic (exact) mass is 247 g/mol. The van der Waals surface area contributed by atoms with Gasteiger partial charge in [0, 0.05) is 6.54 Å².